The van der Waals surface area contributed by atoms with Gasteiger partial charge in [-0.1, -0.05) is 36.4 Å². The van der Waals surface area contributed by atoms with Crippen LogP contribution in [0.2, 0.25) is 0 Å². The molecule has 2 amide bonds. The van der Waals surface area contributed by atoms with Gasteiger partial charge in [0.15, 0.2) is 5.54 Å². The molecule has 2 heterocycles. The highest BCUT2D eigenvalue weighted by Crippen LogP contribution is 2.41. The van der Waals surface area contributed by atoms with Crippen LogP contribution < -0.4 is 10.1 Å². The van der Waals surface area contributed by atoms with E-state index in [2.05, 4.69) is 25.0 Å². The van der Waals surface area contributed by atoms with E-state index < -0.39 is 36.6 Å². The van der Waals surface area contributed by atoms with Crippen LogP contribution in [0.15, 0.2) is 63.5 Å². The fraction of sp³-hybridized carbons (Fsp3) is 0.261. The molecule has 0 spiro atoms. The first kappa shape index (κ1) is 24.9. The molecule has 36 heavy (non-hydrogen) atoms. The number of hydrogen-bond donors (Lipinski definition) is 1. The number of aryl methyl sites for hydroxylation is 1. The Morgan fingerprint density at radius 3 is 2.44 bits per heavy atom. The summed E-state index contributed by atoms with van der Waals surface area (Å²) in [5.74, 6) is -1.50. The second-order valence-electron chi connectivity index (χ2n) is 7.89. The van der Waals surface area contributed by atoms with Crippen molar-refractivity contribution in [2.45, 2.75) is 31.2 Å². The smallest absolute Gasteiger partial charge is 0.389 e. The number of ether oxygens (including phenoxy) is 1. The van der Waals surface area contributed by atoms with Crippen LogP contribution in [0.5, 0.6) is 5.75 Å². The van der Waals surface area contributed by atoms with Crippen LogP contribution in [-0.2, 0) is 21.5 Å². The number of guanidine groups is 2. The number of benzene rings is 2. The molecule has 8 nitrogen and oxygen atoms in total. The number of amides is 2. The predicted octanol–water partition coefficient (Wildman–Crippen LogP) is 3.41. The number of carbonyl (C=O) groups is 2. The van der Waals surface area contributed by atoms with Gasteiger partial charge in [-0.2, -0.15) is 26.9 Å². The van der Waals surface area contributed by atoms with Gasteiger partial charge < -0.3 is 4.74 Å². The number of likely N-dealkylation sites (N-methyl/N-ethyl adjacent to an activating group) is 1. The lowest BCUT2D eigenvalue weighted by Crippen LogP contribution is -2.39. The van der Waals surface area contributed by atoms with Gasteiger partial charge in [0.05, 0.1) is 6.21 Å². The van der Waals surface area contributed by atoms with Gasteiger partial charge in [-0.15, -0.1) is 0 Å². The van der Waals surface area contributed by atoms with Crippen LogP contribution in [0, 0.1) is 0 Å². The van der Waals surface area contributed by atoms with E-state index >= 15 is 0 Å². The molecular formula is C23H18F5N5O3. The normalized spacial score (nSPS) is 20.9. The number of rotatable bonds is 6. The van der Waals surface area contributed by atoms with Crippen molar-refractivity contribution in [3.05, 3.63) is 65.2 Å². The Balaban J connectivity index is 1.82. The molecule has 1 atom stereocenters. The summed E-state index contributed by atoms with van der Waals surface area (Å²) in [5.41, 5.74) is -0.989. The average molecular weight is 507 g/mol. The van der Waals surface area contributed by atoms with Crippen LogP contribution in [0.3, 0.4) is 0 Å². The first-order valence-electron chi connectivity index (χ1n) is 10.5. The van der Waals surface area contributed by atoms with Crippen molar-refractivity contribution in [3.63, 3.8) is 0 Å². The molecule has 0 aromatic heterocycles. The van der Waals surface area contributed by atoms with Crippen LogP contribution in [0.1, 0.15) is 23.1 Å². The van der Waals surface area contributed by atoms with Gasteiger partial charge in [0.25, 0.3) is 11.8 Å². The summed E-state index contributed by atoms with van der Waals surface area (Å²) in [7, 11) is 1.38. The van der Waals surface area contributed by atoms with E-state index in [-0.39, 0.29) is 35.2 Å². The average Bonchev–Trinajstić information content (AvgIpc) is 3.34. The van der Waals surface area contributed by atoms with E-state index in [9.17, 15) is 31.5 Å². The van der Waals surface area contributed by atoms with Gasteiger partial charge in [0.2, 0.25) is 11.9 Å². The zero-order valence-electron chi connectivity index (χ0n) is 18.6. The minimum absolute atomic E-state index is 0.103. The molecule has 0 aliphatic carbocycles. The van der Waals surface area contributed by atoms with Crippen molar-refractivity contribution >= 4 is 29.9 Å². The van der Waals surface area contributed by atoms with Crippen molar-refractivity contribution in [1.29, 1.82) is 0 Å². The largest absolute Gasteiger partial charge is 0.435 e. The Bertz CT molecular complexity index is 1270. The molecule has 1 unspecified atom stereocenters. The highest BCUT2D eigenvalue weighted by molar-refractivity contribution is 6.37. The molecule has 2 aliphatic heterocycles. The van der Waals surface area contributed by atoms with E-state index in [1.54, 1.807) is 0 Å². The standard InChI is InChI=1S/C23H18F5N5O3/c1-33-18(35)23(14-5-7-16(8-6-14)36-19(24)25,32-21(33)31-20-29-12-17(34)30-20)15-4-2-3-13(11-15)9-10-22(26,27)28/h2-8,11-12,19H,9-10H2,1H3,(H,30,31,32,34). The number of alkyl halides is 5. The molecule has 4 rings (SSSR count). The lowest BCUT2D eigenvalue weighted by molar-refractivity contribution is -0.134. The van der Waals surface area contributed by atoms with Gasteiger partial charge in [-0.05, 0) is 35.2 Å². The van der Waals surface area contributed by atoms with Crippen molar-refractivity contribution in [3.8, 4) is 5.75 Å². The molecular weight excluding hydrogens is 489 g/mol. The Kier molecular flexibility index (Phi) is 6.57. The maximum Gasteiger partial charge on any atom is 0.389 e. The van der Waals surface area contributed by atoms with Crippen LogP contribution >= 0.6 is 0 Å². The third kappa shape index (κ3) is 5.09. The second-order valence-corrected chi connectivity index (χ2v) is 7.89. The molecule has 0 fully saturated rings. The van der Waals surface area contributed by atoms with Crippen LogP contribution in [-0.4, -0.2) is 54.7 Å². The summed E-state index contributed by atoms with van der Waals surface area (Å²) in [6.07, 6.45) is -4.75. The summed E-state index contributed by atoms with van der Waals surface area (Å²) >= 11 is 0. The van der Waals surface area contributed by atoms with E-state index in [0.29, 0.717) is 5.56 Å². The Morgan fingerprint density at radius 1 is 1.11 bits per heavy atom. The third-order valence-corrected chi connectivity index (χ3v) is 5.47. The molecule has 1 N–H and O–H groups in total. The van der Waals surface area contributed by atoms with Gasteiger partial charge in [-0.25, -0.2) is 9.98 Å². The van der Waals surface area contributed by atoms with Crippen LogP contribution in [0.4, 0.5) is 22.0 Å². The lowest BCUT2D eigenvalue weighted by Gasteiger charge is -2.26. The molecule has 0 radical (unpaired) electrons. The predicted molar refractivity (Wildman–Crippen MR) is 119 cm³/mol. The highest BCUT2D eigenvalue weighted by Gasteiger charge is 2.50. The fourth-order valence-electron chi connectivity index (χ4n) is 3.81. The third-order valence-electron chi connectivity index (χ3n) is 5.47. The maximum absolute atomic E-state index is 13.7. The maximum atomic E-state index is 13.7. The molecule has 2 aromatic carbocycles. The number of halogens is 5. The van der Waals surface area contributed by atoms with Crippen molar-refractivity contribution in [2.75, 3.05) is 7.05 Å². The van der Waals surface area contributed by atoms with Crippen molar-refractivity contribution in [1.82, 2.24) is 10.2 Å². The SMILES string of the molecule is CN1C(=O)C(c2ccc(OC(F)F)cc2)(c2cccc(CCC(F)(F)F)c2)N=C1N=C1N=CC(=O)N1. The Hall–Kier alpha value is -4.16. The van der Waals surface area contributed by atoms with Crippen LogP contribution in [0.25, 0.3) is 0 Å². The minimum Gasteiger partial charge on any atom is -0.435 e. The lowest BCUT2D eigenvalue weighted by atomic mass is 9.82. The Labute approximate surface area is 201 Å². The topological polar surface area (TPSA) is 95.7 Å². The number of aliphatic imine (C=N–C) groups is 3. The number of hydrogen-bond acceptors (Lipinski definition) is 5. The molecule has 2 aliphatic rings. The van der Waals surface area contributed by atoms with E-state index in [1.807, 2.05) is 0 Å². The summed E-state index contributed by atoms with van der Waals surface area (Å²) in [4.78, 5) is 38.6. The first-order valence-corrected chi connectivity index (χ1v) is 10.5. The monoisotopic (exact) mass is 507 g/mol. The summed E-state index contributed by atoms with van der Waals surface area (Å²) in [6, 6.07) is 11.2. The Morgan fingerprint density at radius 2 is 1.83 bits per heavy atom. The summed E-state index contributed by atoms with van der Waals surface area (Å²) < 4.78 is 68.0. The molecule has 2 aromatic rings. The van der Waals surface area contributed by atoms with E-state index in [4.69, 9.17) is 0 Å². The van der Waals surface area contributed by atoms with E-state index in [1.165, 1.54) is 55.6 Å². The molecule has 13 heteroatoms. The van der Waals surface area contributed by atoms with Gasteiger partial charge >= 0.3 is 12.8 Å². The molecule has 0 saturated heterocycles. The van der Waals surface area contributed by atoms with E-state index in [0.717, 1.165) is 11.1 Å². The zero-order chi connectivity index (χ0) is 26.1. The van der Waals surface area contributed by atoms with Gasteiger partial charge in [-0.3, -0.25) is 19.8 Å². The number of nitrogens with zero attached hydrogens (tertiary/aromatic N) is 4. The van der Waals surface area contributed by atoms with Crippen molar-refractivity contribution in [2.24, 2.45) is 15.0 Å². The summed E-state index contributed by atoms with van der Waals surface area (Å²) in [5, 5.41) is 2.36. The van der Waals surface area contributed by atoms with Gasteiger partial charge in [0, 0.05) is 13.5 Å². The zero-order valence-corrected chi connectivity index (χ0v) is 18.6. The quantitative estimate of drug-likeness (QED) is 0.607. The summed E-state index contributed by atoms with van der Waals surface area (Å²) in [6.45, 7) is -3.06. The molecule has 0 saturated carbocycles. The minimum atomic E-state index is -4.37. The first-order chi connectivity index (χ1) is 17.0. The molecule has 0 bridgehead atoms. The van der Waals surface area contributed by atoms with Crippen molar-refractivity contribution < 1.29 is 36.3 Å². The number of nitrogens with one attached hydrogen (secondary N) is 1. The fourth-order valence-corrected chi connectivity index (χ4v) is 3.81. The second kappa shape index (κ2) is 9.47. The highest BCUT2D eigenvalue weighted by atomic mass is 19.4. The molecule has 188 valence electrons. The number of carbonyl (C=O) groups excluding carboxylic acids is 2. The van der Waals surface area contributed by atoms with Gasteiger partial charge in [0.1, 0.15) is 5.75 Å².